The Kier molecular flexibility index (Phi) is 6.49. The second-order valence-electron chi connectivity index (χ2n) is 7.88. The molecule has 1 atom stereocenters. The fourth-order valence-corrected chi connectivity index (χ4v) is 3.82. The molecule has 1 unspecified atom stereocenters. The minimum Gasteiger partial charge on any atom is -0.312 e. The molecule has 0 spiro atoms. The van der Waals surface area contributed by atoms with Crippen molar-refractivity contribution in [2.75, 3.05) is 6.54 Å². The van der Waals surface area contributed by atoms with Gasteiger partial charge in [-0.05, 0) is 30.5 Å². The summed E-state index contributed by atoms with van der Waals surface area (Å²) in [7, 11) is 0. The Labute approximate surface area is 194 Å². The predicted molar refractivity (Wildman–Crippen MR) is 122 cm³/mol. The van der Waals surface area contributed by atoms with E-state index in [1.165, 1.54) is 24.3 Å². The van der Waals surface area contributed by atoms with Gasteiger partial charge in [-0.1, -0.05) is 78.9 Å². The Balaban J connectivity index is 1.68. The maximum atomic E-state index is 14.4. The number of amidine groups is 1. The van der Waals surface area contributed by atoms with Crippen LogP contribution < -0.4 is 5.32 Å². The number of carbonyl (C=O) groups is 2. The van der Waals surface area contributed by atoms with Gasteiger partial charge >= 0.3 is 11.8 Å². The van der Waals surface area contributed by atoms with Crippen molar-refractivity contribution in [2.24, 2.45) is 4.99 Å². The van der Waals surface area contributed by atoms with Crippen LogP contribution in [0.1, 0.15) is 27.9 Å². The van der Waals surface area contributed by atoms with Crippen molar-refractivity contribution >= 4 is 17.6 Å². The first-order valence-corrected chi connectivity index (χ1v) is 10.8. The summed E-state index contributed by atoms with van der Waals surface area (Å²) in [5.41, 5.74) is -2.04. The molecule has 0 radical (unpaired) electrons. The van der Waals surface area contributed by atoms with Gasteiger partial charge in [0.25, 0.3) is 11.8 Å². The number of aliphatic imine (C=N–C) groups is 1. The van der Waals surface area contributed by atoms with E-state index in [1.807, 2.05) is 35.6 Å². The average Bonchev–Trinajstić information content (AvgIpc) is 3.13. The topological polar surface area (TPSA) is 61.8 Å². The van der Waals surface area contributed by atoms with Gasteiger partial charge in [0.1, 0.15) is 5.84 Å². The van der Waals surface area contributed by atoms with Crippen molar-refractivity contribution in [3.05, 3.63) is 108 Å². The van der Waals surface area contributed by atoms with Gasteiger partial charge < -0.3 is 5.32 Å². The summed E-state index contributed by atoms with van der Waals surface area (Å²) in [6.07, 6.45) is -4.16. The Morgan fingerprint density at radius 1 is 0.882 bits per heavy atom. The minimum absolute atomic E-state index is 0.00193. The molecule has 0 saturated carbocycles. The standard InChI is InChI=1S/C26H22F3N3O2/c27-26(28,29)25(31-23(33)21-16-8-3-9-17-21)24(34)32(18-10-13-19-11-4-1-5-12-19)22(30-25)20-14-6-2-7-15-20/h1-9,11-12,14-17H,10,13,18H2,(H,31,33). The number of benzene rings is 3. The minimum atomic E-state index is -5.15. The van der Waals surface area contributed by atoms with E-state index in [2.05, 4.69) is 4.99 Å². The van der Waals surface area contributed by atoms with Crippen LogP contribution in [0.15, 0.2) is 96.0 Å². The third-order valence-electron chi connectivity index (χ3n) is 5.55. The number of amides is 2. The third-order valence-corrected chi connectivity index (χ3v) is 5.55. The van der Waals surface area contributed by atoms with Crippen LogP contribution in [0.2, 0.25) is 0 Å². The van der Waals surface area contributed by atoms with Gasteiger partial charge in [0, 0.05) is 17.7 Å². The van der Waals surface area contributed by atoms with Crippen molar-refractivity contribution in [1.29, 1.82) is 0 Å². The van der Waals surface area contributed by atoms with E-state index in [9.17, 15) is 22.8 Å². The Morgan fingerprint density at radius 2 is 1.44 bits per heavy atom. The second-order valence-corrected chi connectivity index (χ2v) is 7.88. The molecule has 0 bridgehead atoms. The van der Waals surface area contributed by atoms with Crippen molar-refractivity contribution in [2.45, 2.75) is 24.7 Å². The summed E-state index contributed by atoms with van der Waals surface area (Å²) in [6.45, 7) is 0.0144. The summed E-state index contributed by atoms with van der Waals surface area (Å²) < 4.78 is 43.3. The van der Waals surface area contributed by atoms with Crippen LogP contribution in [0, 0.1) is 0 Å². The van der Waals surface area contributed by atoms with E-state index < -0.39 is 23.7 Å². The Bertz CT molecular complexity index is 1180. The van der Waals surface area contributed by atoms with Crippen LogP contribution in [0.3, 0.4) is 0 Å². The lowest BCUT2D eigenvalue weighted by molar-refractivity contribution is -0.196. The van der Waals surface area contributed by atoms with Crippen molar-refractivity contribution in [3.63, 3.8) is 0 Å². The number of rotatable bonds is 7. The molecule has 1 N–H and O–H groups in total. The third kappa shape index (κ3) is 4.57. The summed E-state index contributed by atoms with van der Waals surface area (Å²) in [6, 6.07) is 25.1. The number of nitrogens with zero attached hydrogens (tertiary/aromatic N) is 2. The molecule has 0 fully saturated rings. The quantitative estimate of drug-likeness (QED) is 0.555. The first-order valence-electron chi connectivity index (χ1n) is 10.8. The first kappa shape index (κ1) is 23.2. The number of aryl methyl sites for hydroxylation is 1. The number of alkyl halides is 3. The lowest BCUT2D eigenvalue weighted by atomic mass is 10.1. The van der Waals surface area contributed by atoms with E-state index in [4.69, 9.17) is 0 Å². The van der Waals surface area contributed by atoms with Gasteiger partial charge in [-0.15, -0.1) is 0 Å². The zero-order valence-corrected chi connectivity index (χ0v) is 18.1. The van der Waals surface area contributed by atoms with E-state index in [1.54, 1.807) is 36.4 Å². The average molecular weight is 465 g/mol. The van der Waals surface area contributed by atoms with Gasteiger partial charge in [-0.3, -0.25) is 14.5 Å². The molecule has 8 heteroatoms. The second kappa shape index (κ2) is 9.51. The number of nitrogens with one attached hydrogen (secondary N) is 1. The summed E-state index contributed by atoms with van der Waals surface area (Å²) in [4.78, 5) is 30.9. The van der Waals surface area contributed by atoms with Crippen molar-refractivity contribution in [1.82, 2.24) is 10.2 Å². The van der Waals surface area contributed by atoms with Crippen LogP contribution in [0.5, 0.6) is 0 Å². The maximum absolute atomic E-state index is 14.4. The fourth-order valence-electron chi connectivity index (χ4n) is 3.82. The molecule has 3 aromatic carbocycles. The normalized spacial score (nSPS) is 18.0. The van der Waals surface area contributed by atoms with Gasteiger partial charge in [-0.25, -0.2) is 4.99 Å². The molecule has 5 nitrogen and oxygen atoms in total. The van der Waals surface area contributed by atoms with Crippen LogP contribution in [-0.4, -0.2) is 40.9 Å². The van der Waals surface area contributed by atoms with E-state index in [-0.39, 0.29) is 17.9 Å². The van der Waals surface area contributed by atoms with Gasteiger partial charge in [0.05, 0.1) is 0 Å². The van der Waals surface area contributed by atoms with Crippen molar-refractivity contribution in [3.8, 4) is 0 Å². The van der Waals surface area contributed by atoms with E-state index in [0.717, 1.165) is 10.5 Å². The summed E-state index contributed by atoms with van der Waals surface area (Å²) in [5.74, 6) is -2.48. The SMILES string of the molecule is O=C(NC1(C(F)(F)F)N=C(c2ccccc2)N(CCCc2ccccc2)C1=O)c1ccccc1. The molecular weight excluding hydrogens is 443 g/mol. The molecule has 3 aromatic rings. The molecule has 0 saturated heterocycles. The lowest BCUT2D eigenvalue weighted by Crippen LogP contribution is -2.63. The summed E-state index contributed by atoms with van der Waals surface area (Å²) >= 11 is 0. The van der Waals surface area contributed by atoms with E-state index in [0.29, 0.717) is 18.4 Å². The number of hydrogen-bond acceptors (Lipinski definition) is 3. The highest BCUT2D eigenvalue weighted by Gasteiger charge is 2.67. The van der Waals surface area contributed by atoms with Gasteiger partial charge in [-0.2, -0.15) is 13.2 Å². The lowest BCUT2D eigenvalue weighted by Gasteiger charge is -2.29. The number of carbonyl (C=O) groups excluding carboxylic acids is 2. The first-order chi connectivity index (χ1) is 16.3. The zero-order chi connectivity index (χ0) is 24.2. The highest BCUT2D eigenvalue weighted by atomic mass is 19.4. The zero-order valence-electron chi connectivity index (χ0n) is 18.1. The van der Waals surface area contributed by atoms with Gasteiger partial charge in [0.2, 0.25) is 0 Å². The monoisotopic (exact) mass is 465 g/mol. The number of hydrogen-bond donors (Lipinski definition) is 1. The van der Waals surface area contributed by atoms with Crippen LogP contribution in [-0.2, 0) is 11.2 Å². The fraction of sp³-hybridized carbons (Fsp3) is 0.192. The summed E-state index contributed by atoms with van der Waals surface area (Å²) in [5, 5.41) is 1.89. The smallest absolute Gasteiger partial charge is 0.312 e. The largest absolute Gasteiger partial charge is 0.442 e. The molecule has 0 aliphatic carbocycles. The molecule has 1 heterocycles. The highest BCUT2D eigenvalue weighted by Crippen LogP contribution is 2.38. The molecule has 1 aliphatic heterocycles. The molecule has 0 aromatic heterocycles. The highest BCUT2D eigenvalue weighted by molar-refractivity contribution is 6.16. The van der Waals surface area contributed by atoms with Crippen LogP contribution in [0.4, 0.5) is 13.2 Å². The van der Waals surface area contributed by atoms with E-state index >= 15 is 0 Å². The molecule has 1 aliphatic rings. The van der Waals surface area contributed by atoms with Crippen LogP contribution >= 0.6 is 0 Å². The van der Waals surface area contributed by atoms with Gasteiger partial charge in [0.15, 0.2) is 0 Å². The molecule has 174 valence electrons. The predicted octanol–water partition coefficient (Wildman–Crippen LogP) is 4.60. The van der Waals surface area contributed by atoms with Crippen LogP contribution in [0.25, 0.3) is 0 Å². The maximum Gasteiger partial charge on any atom is 0.442 e. The Hall–Kier alpha value is -3.94. The van der Waals surface area contributed by atoms with Crippen molar-refractivity contribution < 1.29 is 22.8 Å². The molecule has 2 amide bonds. The molecule has 34 heavy (non-hydrogen) atoms. The molecule has 4 rings (SSSR count). The number of halogens is 3. The molecular formula is C26H22F3N3O2. The Morgan fingerprint density at radius 3 is 2.03 bits per heavy atom.